The summed E-state index contributed by atoms with van der Waals surface area (Å²) in [6.07, 6.45) is 4.27. The van der Waals surface area contributed by atoms with Gasteiger partial charge >= 0.3 is 0 Å². The summed E-state index contributed by atoms with van der Waals surface area (Å²) in [5, 5.41) is 3.09. The molecule has 5 heteroatoms. The Morgan fingerprint density at radius 1 is 0.909 bits per heavy atom. The van der Waals surface area contributed by atoms with Gasteiger partial charge in [0, 0.05) is 31.7 Å². The van der Waals surface area contributed by atoms with Gasteiger partial charge in [-0.25, -0.2) is 0 Å². The van der Waals surface area contributed by atoms with Gasteiger partial charge in [-0.2, -0.15) is 0 Å². The summed E-state index contributed by atoms with van der Waals surface area (Å²) in [4.78, 5) is 30.0. The van der Waals surface area contributed by atoms with Gasteiger partial charge in [0.1, 0.15) is 0 Å². The number of likely N-dealkylation sites (tertiary alicyclic amines) is 2. The smallest absolute Gasteiger partial charge is 0.253 e. The highest BCUT2D eigenvalue weighted by molar-refractivity contribution is 5.94. The van der Waals surface area contributed by atoms with Crippen LogP contribution in [0, 0.1) is 18.8 Å². The predicted molar refractivity (Wildman–Crippen MR) is 132 cm³/mol. The maximum Gasteiger partial charge on any atom is 0.253 e. The van der Waals surface area contributed by atoms with Crippen molar-refractivity contribution < 1.29 is 9.59 Å². The molecule has 1 unspecified atom stereocenters. The van der Waals surface area contributed by atoms with Gasteiger partial charge in [-0.1, -0.05) is 48.9 Å². The normalized spacial score (nSPS) is 19.9. The molecule has 2 aromatic carbocycles. The standard InChI is InChI=1S/C28H37N3O2/c1-21-5-11-25(12-6-21)28(33)31-15-3-4-26(20-31)27(32)29-18-23-7-9-24(10-8-23)19-30-16-13-22(2)14-17-30/h5-12,22,26H,3-4,13-20H2,1-2H3,(H,29,32). The van der Waals surface area contributed by atoms with Gasteiger partial charge in [0.2, 0.25) is 5.91 Å². The van der Waals surface area contributed by atoms with Crippen molar-refractivity contribution in [3.63, 3.8) is 0 Å². The highest BCUT2D eigenvalue weighted by Gasteiger charge is 2.28. The van der Waals surface area contributed by atoms with E-state index in [2.05, 4.69) is 41.4 Å². The first-order chi connectivity index (χ1) is 16.0. The lowest BCUT2D eigenvalue weighted by Crippen LogP contribution is -2.45. The molecule has 176 valence electrons. The molecule has 1 atom stereocenters. The first-order valence-electron chi connectivity index (χ1n) is 12.4. The number of hydrogen-bond acceptors (Lipinski definition) is 3. The Morgan fingerprint density at radius 2 is 1.58 bits per heavy atom. The van der Waals surface area contributed by atoms with Crippen LogP contribution in [0.5, 0.6) is 0 Å². The zero-order valence-corrected chi connectivity index (χ0v) is 20.1. The second-order valence-electron chi connectivity index (χ2n) is 9.95. The van der Waals surface area contributed by atoms with Crippen LogP contribution in [0.15, 0.2) is 48.5 Å². The number of amides is 2. The highest BCUT2D eigenvalue weighted by atomic mass is 16.2. The van der Waals surface area contributed by atoms with Gasteiger partial charge in [-0.3, -0.25) is 14.5 Å². The van der Waals surface area contributed by atoms with Gasteiger partial charge in [-0.05, 0) is 74.9 Å². The Hall–Kier alpha value is -2.66. The fourth-order valence-electron chi connectivity index (χ4n) is 4.83. The lowest BCUT2D eigenvalue weighted by molar-refractivity contribution is -0.126. The molecule has 2 amide bonds. The van der Waals surface area contributed by atoms with Gasteiger partial charge in [0.05, 0.1) is 5.92 Å². The monoisotopic (exact) mass is 447 g/mol. The predicted octanol–water partition coefficient (Wildman–Crippen LogP) is 4.40. The van der Waals surface area contributed by atoms with Crippen LogP contribution in [-0.2, 0) is 17.9 Å². The number of carbonyl (C=O) groups is 2. The average molecular weight is 448 g/mol. The molecule has 2 aliphatic rings. The summed E-state index contributed by atoms with van der Waals surface area (Å²) in [6.45, 7) is 9.47. The number of benzene rings is 2. The Bertz CT molecular complexity index is 931. The highest BCUT2D eigenvalue weighted by Crippen LogP contribution is 2.20. The molecule has 0 radical (unpaired) electrons. The molecular weight excluding hydrogens is 410 g/mol. The molecule has 2 fully saturated rings. The van der Waals surface area contributed by atoms with Crippen LogP contribution >= 0.6 is 0 Å². The van der Waals surface area contributed by atoms with Crippen molar-refractivity contribution in [1.82, 2.24) is 15.1 Å². The van der Waals surface area contributed by atoms with E-state index in [4.69, 9.17) is 0 Å². The van der Waals surface area contributed by atoms with E-state index in [1.54, 1.807) is 0 Å². The Kier molecular flexibility index (Phi) is 7.81. The van der Waals surface area contributed by atoms with Crippen LogP contribution in [-0.4, -0.2) is 47.8 Å². The van der Waals surface area contributed by atoms with Crippen molar-refractivity contribution in [2.75, 3.05) is 26.2 Å². The molecule has 0 bridgehead atoms. The first kappa shape index (κ1) is 23.5. The third-order valence-electron chi connectivity index (χ3n) is 7.15. The third-order valence-corrected chi connectivity index (χ3v) is 7.15. The summed E-state index contributed by atoms with van der Waals surface area (Å²) >= 11 is 0. The number of nitrogens with one attached hydrogen (secondary N) is 1. The van der Waals surface area contributed by atoms with Crippen LogP contribution in [0.1, 0.15) is 59.7 Å². The lowest BCUT2D eigenvalue weighted by Gasteiger charge is -2.32. The number of piperidine rings is 2. The first-order valence-corrected chi connectivity index (χ1v) is 12.4. The van der Waals surface area contributed by atoms with E-state index in [1.807, 2.05) is 36.1 Å². The number of carbonyl (C=O) groups excluding carboxylic acids is 2. The zero-order chi connectivity index (χ0) is 23.2. The van der Waals surface area contributed by atoms with Gasteiger partial charge in [0.15, 0.2) is 0 Å². The van der Waals surface area contributed by atoms with Gasteiger partial charge in [-0.15, -0.1) is 0 Å². The minimum Gasteiger partial charge on any atom is -0.352 e. The van der Waals surface area contributed by atoms with Gasteiger partial charge in [0.25, 0.3) is 5.91 Å². The Morgan fingerprint density at radius 3 is 2.27 bits per heavy atom. The molecule has 2 saturated heterocycles. The van der Waals surface area contributed by atoms with Gasteiger partial charge < -0.3 is 10.2 Å². The van der Waals surface area contributed by atoms with Crippen LogP contribution < -0.4 is 5.32 Å². The van der Waals surface area contributed by atoms with E-state index in [0.717, 1.165) is 36.4 Å². The third kappa shape index (κ3) is 6.44. The van der Waals surface area contributed by atoms with Crippen molar-refractivity contribution in [1.29, 1.82) is 0 Å². The van der Waals surface area contributed by atoms with E-state index in [0.29, 0.717) is 25.2 Å². The molecule has 0 aliphatic carbocycles. The molecule has 2 aliphatic heterocycles. The van der Waals surface area contributed by atoms with E-state index in [-0.39, 0.29) is 17.7 Å². The lowest BCUT2D eigenvalue weighted by atomic mass is 9.96. The molecule has 33 heavy (non-hydrogen) atoms. The number of nitrogens with zero attached hydrogens (tertiary/aromatic N) is 2. The fraction of sp³-hybridized carbons (Fsp3) is 0.500. The second-order valence-corrected chi connectivity index (χ2v) is 9.95. The maximum absolute atomic E-state index is 12.8. The van der Waals surface area contributed by atoms with Crippen LogP contribution in [0.4, 0.5) is 0 Å². The van der Waals surface area contributed by atoms with Crippen LogP contribution in [0.25, 0.3) is 0 Å². The molecule has 1 N–H and O–H groups in total. The molecular formula is C28H37N3O2. The zero-order valence-electron chi connectivity index (χ0n) is 20.1. The number of hydrogen-bond donors (Lipinski definition) is 1. The van der Waals surface area contributed by atoms with Crippen molar-refractivity contribution in [2.24, 2.45) is 11.8 Å². The van der Waals surface area contributed by atoms with Crippen LogP contribution in [0.3, 0.4) is 0 Å². The maximum atomic E-state index is 12.8. The topological polar surface area (TPSA) is 52.7 Å². The molecule has 2 aromatic rings. The average Bonchev–Trinajstić information content (AvgIpc) is 2.85. The summed E-state index contributed by atoms with van der Waals surface area (Å²) < 4.78 is 0. The molecule has 0 spiro atoms. The molecule has 0 aromatic heterocycles. The van der Waals surface area contributed by atoms with Crippen molar-refractivity contribution >= 4 is 11.8 Å². The second kappa shape index (κ2) is 11.0. The largest absolute Gasteiger partial charge is 0.352 e. The Labute approximate surface area is 198 Å². The summed E-state index contributed by atoms with van der Waals surface area (Å²) in [5.41, 5.74) is 4.28. The van der Waals surface area contributed by atoms with Crippen LogP contribution in [0.2, 0.25) is 0 Å². The number of aryl methyl sites for hydroxylation is 1. The SMILES string of the molecule is Cc1ccc(C(=O)N2CCCC(C(=O)NCc3ccc(CN4CCC(C)CC4)cc3)C2)cc1. The van der Waals surface area contributed by atoms with Crippen molar-refractivity contribution in [3.8, 4) is 0 Å². The van der Waals surface area contributed by atoms with E-state index < -0.39 is 0 Å². The molecule has 2 heterocycles. The number of rotatable bonds is 6. The van der Waals surface area contributed by atoms with E-state index in [9.17, 15) is 9.59 Å². The molecule has 5 nitrogen and oxygen atoms in total. The van der Waals surface area contributed by atoms with E-state index in [1.165, 1.54) is 31.5 Å². The van der Waals surface area contributed by atoms with Crippen molar-refractivity contribution in [2.45, 2.75) is 52.6 Å². The molecule has 4 rings (SSSR count). The quantitative estimate of drug-likeness (QED) is 0.714. The minimum absolute atomic E-state index is 0.0197. The minimum atomic E-state index is -0.145. The summed E-state index contributed by atoms with van der Waals surface area (Å²) in [7, 11) is 0. The Balaban J connectivity index is 1.25. The fourth-order valence-corrected chi connectivity index (χ4v) is 4.83. The molecule has 0 saturated carbocycles. The summed E-state index contributed by atoms with van der Waals surface area (Å²) in [6, 6.07) is 16.3. The summed E-state index contributed by atoms with van der Waals surface area (Å²) in [5.74, 6) is 0.771. The van der Waals surface area contributed by atoms with E-state index >= 15 is 0 Å². The van der Waals surface area contributed by atoms with Crippen molar-refractivity contribution in [3.05, 3.63) is 70.8 Å².